The molecular weight excluding hydrogens is 252 g/mol. The van der Waals surface area contributed by atoms with Crippen molar-refractivity contribution >= 4 is 23.3 Å². The van der Waals surface area contributed by atoms with Gasteiger partial charge < -0.3 is 15.4 Å². The Morgan fingerprint density at radius 2 is 2.17 bits per heavy atom. The van der Waals surface area contributed by atoms with E-state index in [9.17, 15) is 4.79 Å². The maximum absolute atomic E-state index is 11.4. The van der Waals surface area contributed by atoms with Crippen molar-refractivity contribution in [2.75, 3.05) is 25.6 Å². The fraction of sp³-hybridized carbons (Fsp3) is 0.462. The zero-order chi connectivity index (χ0) is 13.7. The predicted molar refractivity (Wildman–Crippen MR) is 74.0 cm³/mol. The van der Waals surface area contributed by atoms with Gasteiger partial charge in [-0.1, -0.05) is 17.7 Å². The van der Waals surface area contributed by atoms with E-state index in [1.54, 1.807) is 6.92 Å². The first-order valence-corrected chi connectivity index (χ1v) is 6.21. The van der Waals surface area contributed by atoms with Gasteiger partial charge in [0.25, 0.3) is 0 Å². The average molecular weight is 271 g/mol. The summed E-state index contributed by atoms with van der Waals surface area (Å²) < 4.78 is 4.87. The fourth-order valence-corrected chi connectivity index (χ4v) is 1.92. The van der Waals surface area contributed by atoms with Gasteiger partial charge in [0, 0.05) is 30.8 Å². The second-order valence-corrected chi connectivity index (χ2v) is 4.62. The highest BCUT2D eigenvalue weighted by molar-refractivity contribution is 6.31. The topological polar surface area (TPSA) is 55.6 Å². The van der Waals surface area contributed by atoms with E-state index >= 15 is 0 Å². The number of nitrogens with two attached hydrogens (primary N) is 1. The number of carbonyl (C=O) groups excluding carboxylic acids is 1. The highest BCUT2D eigenvalue weighted by Gasteiger charge is 2.15. The Kier molecular flexibility index (Phi) is 5.44. The minimum atomic E-state index is -0.437. The Bertz CT molecular complexity index is 421. The lowest BCUT2D eigenvalue weighted by molar-refractivity contribution is -0.143. The molecule has 1 atom stereocenters. The molecule has 1 aromatic carbocycles. The van der Waals surface area contributed by atoms with Crippen molar-refractivity contribution in [2.45, 2.75) is 19.4 Å². The number of esters is 1. The number of benzene rings is 1. The SMILES string of the molecule is CCOC(=O)C[C@@H](N)c1ccc(N(C)C)cc1Cl. The molecule has 18 heavy (non-hydrogen) atoms. The fourth-order valence-electron chi connectivity index (χ4n) is 1.60. The van der Waals surface area contributed by atoms with E-state index in [2.05, 4.69) is 0 Å². The molecule has 100 valence electrons. The molecule has 0 radical (unpaired) electrons. The molecule has 5 heteroatoms. The molecule has 0 aliphatic carbocycles. The molecule has 1 rings (SSSR count). The molecule has 0 aromatic heterocycles. The van der Waals surface area contributed by atoms with Crippen LogP contribution < -0.4 is 10.6 Å². The van der Waals surface area contributed by atoms with Crippen LogP contribution in [-0.4, -0.2) is 26.7 Å². The smallest absolute Gasteiger partial charge is 0.307 e. The molecule has 0 amide bonds. The van der Waals surface area contributed by atoms with Gasteiger partial charge in [-0.15, -0.1) is 0 Å². The van der Waals surface area contributed by atoms with Crippen LogP contribution in [0.15, 0.2) is 18.2 Å². The van der Waals surface area contributed by atoms with E-state index in [0.717, 1.165) is 11.3 Å². The van der Waals surface area contributed by atoms with Crippen molar-refractivity contribution < 1.29 is 9.53 Å². The first-order valence-electron chi connectivity index (χ1n) is 5.83. The van der Waals surface area contributed by atoms with Crippen LogP contribution >= 0.6 is 11.6 Å². The number of rotatable bonds is 5. The number of carbonyl (C=O) groups is 1. The third-order valence-corrected chi connectivity index (χ3v) is 2.92. The lowest BCUT2D eigenvalue weighted by atomic mass is 10.0. The summed E-state index contributed by atoms with van der Waals surface area (Å²) in [4.78, 5) is 13.3. The first kappa shape index (κ1) is 14.8. The van der Waals surface area contributed by atoms with Crippen LogP contribution in [0.2, 0.25) is 5.02 Å². The minimum absolute atomic E-state index is 0.134. The molecule has 0 saturated heterocycles. The summed E-state index contributed by atoms with van der Waals surface area (Å²) in [6.45, 7) is 2.13. The molecule has 1 aromatic rings. The summed E-state index contributed by atoms with van der Waals surface area (Å²) >= 11 is 6.17. The highest BCUT2D eigenvalue weighted by atomic mass is 35.5. The monoisotopic (exact) mass is 270 g/mol. The molecule has 0 unspecified atom stereocenters. The van der Waals surface area contributed by atoms with Gasteiger partial charge in [0.05, 0.1) is 13.0 Å². The van der Waals surface area contributed by atoms with Crippen molar-refractivity contribution in [3.05, 3.63) is 28.8 Å². The van der Waals surface area contributed by atoms with Crippen LogP contribution in [0, 0.1) is 0 Å². The second kappa shape index (κ2) is 6.61. The Hall–Kier alpha value is -1.26. The quantitative estimate of drug-likeness (QED) is 0.835. The Morgan fingerprint density at radius 3 is 2.67 bits per heavy atom. The number of hydrogen-bond donors (Lipinski definition) is 1. The van der Waals surface area contributed by atoms with Crippen LogP contribution in [0.4, 0.5) is 5.69 Å². The van der Waals surface area contributed by atoms with Crippen LogP contribution in [0.1, 0.15) is 24.9 Å². The molecular formula is C13H19ClN2O2. The van der Waals surface area contributed by atoms with E-state index in [1.165, 1.54) is 0 Å². The van der Waals surface area contributed by atoms with Gasteiger partial charge in [-0.05, 0) is 24.6 Å². The Labute approximate surface area is 113 Å². The van der Waals surface area contributed by atoms with E-state index in [1.807, 2.05) is 37.2 Å². The van der Waals surface area contributed by atoms with E-state index < -0.39 is 6.04 Å². The van der Waals surface area contributed by atoms with Crippen LogP contribution in [0.5, 0.6) is 0 Å². The van der Waals surface area contributed by atoms with Crippen LogP contribution in [0.25, 0.3) is 0 Å². The third-order valence-electron chi connectivity index (χ3n) is 2.59. The third kappa shape index (κ3) is 3.89. The summed E-state index contributed by atoms with van der Waals surface area (Å²) in [5, 5.41) is 0.568. The number of ether oxygens (including phenoxy) is 1. The molecule has 0 spiro atoms. The number of nitrogens with zero attached hydrogens (tertiary/aromatic N) is 1. The van der Waals surface area contributed by atoms with E-state index in [0.29, 0.717) is 11.6 Å². The largest absolute Gasteiger partial charge is 0.466 e. The maximum Gasteiger partial charge on any atom is 0.307 e. The molecule has 4 nitrogen and oxygen atoms in total. The van der Waals surface area contributed by atoms with Crippen molar-refractivity contribution in [3.8, 4) is 0 Å². The van der Waals surface area contributed by atoms with Crippen molar-refractivity contribution in [3.63, 3.8) is 0 Å². The Morgan fingerprint density at radius 1 is 1.50 bits per heavy atom. The predicted octanol–water partition coefficient (Wildman–Crippen LogP) is 2.36. The average Bonchev–Trinajstić information content (AvgIpc) is 2.28. The first-order chi connectivity index (χ1) is 8.45. The summed E-state index contributed by atoms with van der Waals surface area (Å²) in [6.07, 6.45) is 0.134. The number of halogens is 1. The lowest BCUT2D eigenvalue weighted by Crippen LogP contribution is -2.18. The molecule has 0 fully saturated rings. The van der Waals surface area contributed by atoms with Crippen LogP contribution in [-0.2, 0) is 9.53 Å². The minimum Gasteiger partial charge on any atom is -0.466 e. The molecule has 2 N–H and O–H groups in total. The van der Waals surface area contributed by atoms with Crippen molar-refractivity contribution in [2.24, 2.45) is 5.73 Å². The standard InChI is InChI=1S/C13H19ClN2O2/c1-4-18-13(17)8-12(15)10-6-5-9(16(2)3)7-11(10)14/h5-7,12H,4,8,15H2,1-3H3/t12-/m1/s1. The molecule has 0 heterocycles. The van der Waals surface area contributed by atoms with Gasteiger partial charge in [0.2, 0.25) is 0 Å². The van der Waals surface area contributed by atoms with Gasteiger partial charge >= 0.3 is 5.97 Å². The highest BCUT2D eigenvalue weighted by Crippen LogP contribution is 2.27. The van der Waals surface area contributed by atoms with Crippen molar-refractivity contribution in [1.29, 1.82) is 0 Å². The lowest BCUT2D eigenvalue weighted by Gasteiger charge is -2.17. The molecule has 0 bridgehead atoms. The zero-order valence-electron chi connectivity index (χ0n) is 10.9. The van der Waals surface area contributed by atoms with Gasteiger partial charge in [-0.25, -0.2) is 0 Å². The van der Waals surface area contributed by atoms with Crippen molar-refractivity contribution in [1.82, 2.24) is 0 Å². The summed E-state index contributed by atoms with van der Waals surface area (Å²) in [5.41, 5.74) is 7.71. The van der Waals surface area contributed by atoms with E-state index in [-0.39, 0.29) is 12.4 Å². The second-order valence-electron chi connectivity index (χ2n) is 4.22. The van der Waals surface area contributed by atoms with Gasteiger partial charge in [0.15, 0.2) is 0 Å². The van der Waals surface area contributed by atoms with Gasteiger partial charge in [0.1, 0.15) is 0 Å². The number of hydrogen-bond acceptors (Lipinski definition) is 4. The number of anilines is 1. The van der Waals surface area contributed by atoms with Gasteiger partial charge in [-0.3, -0.25) is 4.79 Å². The summed E-state index contributed by atoms with van der Waals surface area (Å²) in [5.74, 6) is -0.308. The molecule has 0 saturated carbocycles. The molecule has 0 aliphatic rings. The summed E-state index contributed by atoms with van der Waals surface area (Å²) in [7, 11) is 3.87. The maximum atomic E-state index is 11.4. The molecule has 0 aliphatic heterocycles. The zero-order valence-corrected chi connectivity index (χ0v) is 11.7. The summed E-state index contributed by atoms with van der Waals surface area (Å²) in [6, 6.07) is 5.17. The van der Waals surface area contributed by atoms with Crippen LogP contribution in [0.3, 0.4) is 0 Å². The van der Waals surface area contributed by atoms with E-state index in [4.69, 9.17) is 22.1 Å². The normalized spacial score (nSPS) is 12.1. The van der Waals surface area contributed by atoms with Gasteiger partial charge in [-0.2, -0.15) is 0 Å². The Balaban J connectivity index is 2.80.